The van der Waals surface area contributed by atoms with E-state index < -0.39 is 0 Å². The average Bonchev–Trinajstić information content (AvgIpc) is 3.30. The summed E-state index contributed by atoms with van der Waals surface area (Å²) in [7, 11) is 0. The molecule has 6 nitrogen and oxygen atoms in total. The van der Waals surface area contributed by atoms with Crippen LogP contribution in [0.2, 0.25) is 5.02 Å². The Hall–Kier alpha value is -2.68. The van der Waals surface area contributed by atoms with Crippen LogP contribution in [0.15, 0.2) is 58.4 Å². The molecular formula is C22H19ClN4O2S2. The molecule has 31 heavy (non-hydrogen) atoms. The molecule has 2 aromatic carbocycles. The van der Waals surface area contributed by atoms with Gasteiger partial charge in [-0.25, -0.2) is 0 Å². The largest absolute Gasteiger partial charge is 0.488 e. The fraction of sp³-hybridized carbons (Fsp3) is 0.182. The highest BCUT2D eigenvalue weighted by atomic mass is 35.5. The van der Waals surface area contributed by atoms with Gasteiger partial charge in [-0.2, -0.15) is 4.99 Å². The van der Waals surface area contributed by atoms with Crippen molar-refractivity contribution in [2.24, 2.45) is 4.99 Å². The van der Waals surface area contributed by atoms with Gasteiger partial charge in [-0.15, -0.1) is 10.2 Å². The number of aryl methyl sites for hydroxylation is 1. The van der Waals surface area contributed by atoms with E-state index in [1.165, 1.54) is 23.1 Å². The highest BCUT2D eigenvalue weighted by molar-refractivity contribution is 8.18. The molecule has 1 fully saturated rings. The molecule has 1 aliphatic rings. The summed E-state index contributed by atoms with van der Waals surface area (Å²) >= 11 is 8.95. The number of carbonyl (C=O) groups excluding carboxylic acids is 1. The number of amides is 1. The second kappa shape index (κ2) is 9.64. The number of nitrogens with zero attached hydrogens (tertiary/aromatic N) is 4. The minimum Gasteiger partial charge on any atom is -0.488 e. The van der Waals surface area contributed by atoms with Gasteiger partial charge in [0.15, 0.2) is 5.17 Å². The number of benzene rings is 2. The lowest BCUT2D eigenvalue weighted by Crippen LogP contribution is -2.28. The van der Waals surface area contributed by atoms with Gasteiger partial charge in [0.1, 0.15) is 17.4 Å². The van der Waals surface area contributed by atoms with E-state index in [-0.39, 0.29) is 5.91 Å². The Morgan fingerprint density at radius 3 is 2.68 bits per heavy atom. The van der Waals surface area contributed by atoms with Gasteiger partial charge < -0.3 is 4.74 Å². The molecule has 0 saturated carbocycles. The topological polar surface area (TPSA) is 67.7 Å². The Kier molecular flexibility index (Phi) is 6.70. The predicted octanol–water partition coefficient (Wildman–Crippen LogP) is 5.70. The van der Waals surface area contributed by atoms with Crippen LogP contribution in [-0.2, 0) is 11.4 Å². The van der Waals surface area contributed by atoms with E-state index in [4.69, 9.17) is 16.3 Å². The zero-order valence-corrected chi connectivity index (χ0v) is 19.3. The molecule has 1 aliphatic heterocycles. The van der Waals surface area contributed by atoms with Crippen molar-refractivity contribution in [3.63, 3.8) is 0 Å². The maximum atomic E-state index is 12.9. The molecule has 1 aromatic heterocycles. The van der Waals surface area contributed by atoms with Crippen molar-refractivity contribution in [3.05, 3.63) is 74.6 Å². The number of amidine groups is 1. The second-order valence-electron chi connectivity index (χ2n) is 6.58. The number of hydrogen-bond donors (Lipinski definition) is 0. The maximum absolute atomic E-state index is 12.9. The zero-order chi connectivity index (χ0) is 21.8. The summed E-state index contributed by atoms with van der Waals surface area (Å²) in [4.78, 5) is 19.7. The first-order valence-corrected chi connectivity index (χ1v) is 11.6. The lowest BCUT2D eigenvalue weighted by Gasteiger charge is -2.11. The molecule has 0 aliphatic carbocycles. The summed E-state index contributed by atoms with van der Waals surface area (Å²) in [6.07, 6.45) is 1.84. The third kappa shape index (κ3) is 4.98. The molecule has 0 atom stereocenters. The Labute approximate surface area is 193 Å². The second-order valence-corrected chi connectivity index (χ2v) is 9.15. The number of rotatable bonds is 6. The minimum absolute atomic E-state index is 0.0894. The van der Waals surface area contributed by atoms with Crippen molar-refractivity contribution in [3.8, 4) is 5.75 Å². The molecule has 1 amide bonds. The summed E-state index contributed by atoms with van der Waals surface area (Å²) in [6, 6.07) is 15.2. The average molecular weight is 471 g/mol. The lowest BCUT2D eigenvalue weighted by atomic mass is 10.1. The van der Waals surface area contributed by atoms with Crippen molar-refractivity contribution in [2.75, 3.05) is 6.54 Å². The first-order chi connectivity index (χ1) is 15.0. The van der Waals surface area contributed by atoms with E-state index in [1.807, 2.05) is 68.5 Å². The number of para-hydroxylation sites is 1. The fourth-order valence-corrected chi connectivity index (χ4v) is 4.77. The number of aromatic nitrogens is 2. The monoisotopic (exact) mass is 470 g/mol. The van der Waals surface area contributed by atoms with Crippen LogP contribution in [0.1, 0.15) is 23.1 Å². The van der Waals surface area contributed by atoms with Gasteiger partial charge in [-0.3, -0.25) is 9.69 Å². The van der Waals surface area contributed by atoms with Crippen LogP contribution in [0, 0.1) is 6.92 Å². The van der Waals surface area contributed by atoms with Crippen molar-refractivity contribution in [1.82, 2.24) is 15.1 Å². The van der Waals surface area contributed by atoms with Crippen molar-refractivity contribution in [2.45, 2.75) is 20.5 Å². The van der Waals surface area contributed by atoms with E-state index >= 15 is 0 Å². The van der Waals surface area contributed by atoms with Gasteiger partial charge in [0.2, 0.25) is 5.13 Å². The van der Waals surface area contributed by atoms with Crippen LogP contribution < -0.4 is 4.74 Å². The summed E-state index contributed by atoms with van der Waals surface area (Å²) in [5.74, 6) is 0.588. The van der Waals surface area contributed by atoms with E-state index in [0.717, 1.165) is 16.1 Å². The van der Waals surface area contributed by atoms with Gasteiger partial charge in [0.25, 0.3) is 5.91 Å². The molecule has 158 valence electrons. The Morgan fingerprint density at radius 2 is 1.94 bits per heavy atom. The molecule has 0 N–H and O–H groups in total. The van der Waals surface area contributed by atoms with E-state index in [1.54, 1.807) is 4.90 Å². The third-order valence-corrected chi connectivity index (χ3v) is 6.57. The quantitative estimate of drug-likeness (QED) is 0.432. The predicted molar refractivity (Wildman–Crippen MR) is 127 cm³/mol. The summed E-state index contributed by atoms with van der Waals surface area (Å²) in [5.41, 5.74) is 1.71. The Morgan fingerprint density at radius 1 is 1.16 bits per heavy atom. The van der Waals surface area contributed by atoms with Crippen molar-refractivity contribution < 1.29 is 9.53 Å². The van der Waals surface area contributed by atoms with Crippen LogP contribution >= 0.6 is 34.7 Å². The Bertz CT molecular complexity index is 1180. The summed E-state index contributed by atoms with van der Waals surface area (Å²) in [6.45, 7) is 4.65. The van der Waals surface area contributed by atoms with Gasteiger partial charge in [-0.05, 0) is 43.8 Å². The molecule has 9 heteroatoms. The smallest absolute Gasteiger partial charge is 0.266 e. The number of hydrogen-bond acceptors (Lipinski definition) is 7. The fourth-order valence-electron chi connectivity index (χ4n) is 2.93. The maximum Gasteiger partial charge on any atom is 0.266 e. The number of halogens is 1. The molecule has 0 radical (unpaired) electrons. The van der Waals surface area contributed by atoms with Crippen LogP contribution in [0.4, 0.5) is 5.13 Å². The lowest BCUT2D eigenvalue weighted by molar-refractivity contribution is -0.122. The van der Waals surface area contributed by atoms with E-state index in [2.05, 4.69) is 15.2 Å². The van der Waals surface area contributed by atoms with Crippen LogP contribution in [0.25, 0.3) is 6.08 Å². The molecule has 0 spiro atoms. The molecule has 0 unspecified atom stereocenters. The van der Waals surface area contributed by atoms with Gasteiger partial charge in [-0.1, -0.05) is 59.3 Å². The highest BCUT2D eigenvalue weighted by Crippen LogP contribution is 2.36. The SMILES string of the molecule is CCN1C(=O)/C(=C/c2ccccc2OCc2ccccc2Cl)S/C1=N/c1nnc(C)s1. The van der Waals surface area contributed by atoms with E-state index in [0.29, 0.717) is 39.1 Å². The Balaban J connectivity index is 1.59. The number of aliphatic imine (C=N–C) groups is 1. The zero-order valence-electron chi connectivity index (χ0n) is 16.9. The molecular weight excluding hydrogens is 452 g/mol. The molecule has 4 rings (SSSR count). The number of ether oxygens (including phenoxy) is 1. The minimum atomic E-state index is -0.0894. The molecule has 1 saturated heterocycles. The van der Waals surface area contributed by atoms with Gasteiger partial charge in [0.05, 0.1) is 4.91 Å². The summed E-state index contributed by atoms with van der Waals surface area (Å²) < 4.78 is 6.02. The van der Waals surface area contributed by atoms with Crippen LogP contribution in [0.5, 0.6) is 5.75 Å². The van der Waals surface area contributed by atoms with Crippen LogP contribution in [-0.4, -0.2) is 32.7 Å². The summed E-state index contributed by atoms with van der Waals surface area (Å²) in [5, 5.41) is 10.7. The van der Waals surface area contributed by atoms with Gasteiger partial charge >= 0.3 is 0 Å². The molecule has 2 heterocycles. The standard InChI is InChI=1S/C22H19ClN4O2S2/c1-3-27-20(28)19(31-22(27)24-21-26-25-14(2)30-21)12-15-8-5-7-11-18(15)29-13-16-9-4-6-10-17(16)23/h4-12H,3,13H2,1-2H3/b19-12-,24-22+. The van der Waals surface area contributed by atoms with Gasteiger partial charge in [0, 0.05) is 22.7 Å². The van der Waals surface area contributed by atoms with Crippen molar-refractivity contribution in [1.29, 1.82) is 0 Å². The van der Waals surface area contributed by atoms with Crippen LogP contribution in [0.3, 0.4) is 0 Å². The first kappa shape index (κ1) is 21.5. The third-order valence-electron chi connectivity index (χ3n) is 4.46. The number of carbonyl (C=O) groups is 1. The van der Waals surface area contributed by atoms with E-state index in [9.17, 15) is 4.79 Å². The highest BCUT2D eigenvalue weighted by Gasteiger charge is 2.32. The first-order valence-electron chi connectivity index (χ1n) is 9.60. The number of thioether (sulfide) groups is 1. The number of likely N-dealkylation sites (N-methyl/N-ethyl adjacent to an activating group) is 1. The molecule has 3 aromatic rings. The normalized spacial score (nSPS) is 16.5. The molecule has 0 bridgehead atoms. The van der Waals surface area contributed by atoms with Crippen molar-refractivity contribution >= 4 is 57.0 Å².